The molecule has 1 saturated heterocycles. The predicted molar refractivity (Wildman–Crippen MR) is 140 cm³/mol. The molecule has 1 aliphatic carbocycles. The normalized spacial score (nSPS) is 17.5. The van der Waals surface area contributed by atoms with E-state index < -0.39 is 0 Å². The molecule has 2 rings (SSSR count). The first-order valence-corrected chi connectivity index (χ1v) is 12.1. The second-order valence-corrected chi connectivity index (χ2v) is 5.27. The molecule has 2 atom stereocenters. The van der Waals surface area contributed by atoms with E-state index in [9.17, 15) is 4.79 Å². The molecular formula is C26H48NOP. The van der Waals surface area contributed by atoms with Crippen LogP contribution in [0.4, 0.5) is 0 Å². The molecule has 2 aliphatic rings. The summed E-state index contributed by atoms with van der Waals surface area (Å²) in [6.07, 6.45) is 15.0. The minimum absolute atomic E-state index is 0.00910. The van der Waals surface area contributed by atoms with Crippen LogP contribution in [0, 0.1) is 5.92 Å². The number of carbonyl (C=O) groups is 1. The summed E-state index contributed by atoms with van der Waals surface area (Å²) in [6.45, 7) is 25.3. The highest BCUT2D eigenvalue weighted by atomic mass is 31.0. The summed E-state index contributed by atoms with van der Waals surface area (Å²) in [5.74, 6) is 0.509. The van der Waals surface area contributed by atoms with Crippen LogP contribution in [0.1, 0.15) is 75.7 Å². The Morgan fingerprint density at radius 3 is 2.07 bits per heavy atom. The van der Waals surface area contributed by atoms with Gasteiger partial charge in [0, 0.05) is 16.8 Å². The number of fused-ring (bicyclic) bond motifs is 1. The van der Waals surface area contributed by atoms with Crippen molar-refractivity contribution < 1.29 is 4.79 Å². The Morgan fingerprint density at radius 1 is 1.14 bits per heavy atom. The van der Waals surface area contributed by atoms with Crippen LogP contribution in [0.15, 0.2) is 71.5 Å². The van der Waals surface area contributed by atoms with Crippen molar-refractivity contribution >= 4 is 15.1 Å². The van der Waals surface area contributed by atoms with Crippen molar-refractivity contribution in [2.75, 3.05) is 6.66 Å². The Labute approximate surface area is 185 Å². The third-order valence-corrected chi connectivity index (χ3v) is 3.14. The summed E-state index contributed by atoms with van der Waals surface area (Å²) < 4.78 is 0. The van der Waals surface area contributed by atoms with Gasteiger partial charge in [-0.05, 0) is 39.2 Å². The zero-order valence-corrected chi connectivity index (χ0v) is 22.2. The Kier molecular flexibility index (Phi) is 31.6. The van der Waals surface area contributed by atoms with Crippen LogP contribution in [-0.2, 0) is 4.79 Å². The highest BCUT2D eigenvalue weighted by Crippen LogP contribution is 2.32. The molecule has 0 bridgehead atoms. The smallest absolute Gasteiger partial charge is 0.256 e. The second-order valence-electron chi connectivity index (χ2n) is 5.27. The maximum absolute atomic E-state index is 12.0. The number of amides is 1. The summed E-state index contributed by atoms with van der Waals surface area (Å²) in [5.41, 5.74) is 3.90. The Balaban J connectivity index is -0.000000244. The van der Waals surface area contributed by atoms with E-state index in [1.165, 1.54) is 0 Å². The molecule has 1 fully saturated rings. The molecule has 2 unspecified atom stereocenters. The van der Waals surface area contributed by atoms with Crippen molar-refractivity contribution in [2.24, 2.45) is 5.92 Å². The van der Waals surface area contributed by atoms with Crippen LogP contribution >= 0.6 is 9.24 Å². The lowest BCUT2D eigenvalue weighted by Gasteiger charge is -2.12. The quantitative estimate of drug-likeness (QED) is 0.207. The maximum Gasteiger partial charge on any atom is 0.256 e. The van der Waals surface area contributed by atoms with Crippen molar-refractivity contribution in [3.63, 3.8) is 0 Å². The van der Waals surface area contributed by atoms with E-state index >= 15 is 0 Å². The Hall–Kier alpha value is -1.66. The molecule has 168 valence electrons. The molecule has 0 saturated carbocycles. The van der Waals surface area contributed by atoms with Crippen LogP contribution in [0.2, 0.25) is 0 Å². The van der Waals surface area contributed by atoms with Gasteiger partial charge >= 0.3 is 0 Å². The lowest BCUT2D eigenvalue weighted by molar-refractivity contribution is -0.115. The van der Waals surface area contributed by atoms with Gasteiger partial charge in [0.2, 0.25) is 0 Å². The lowest BCUT2D eigenvalue weighted by Crippen LogP contribution is -2.13. The van der Waals surface area contributed by atoms with Crippen LogP contribution in [0.3, 0.4) is 0 Å². The number of hydrogen-bond acceptors (Lipinski definition) is 1. The minimum atomic E-state index is 0.00910. The van der Waals surface area contributed by atoms with Gasteiger partial charge in [0.15, 0.2) is 0 Å². The fourth-order valence-electron chi connectivity index (χ4n) is 2.19. The first-order valence-electron chi connectivity index (χ1n) is 10.9. The molecule has 3 heteroatoms. The average Bonchev–Trinajstić information content (AvgIpc) is 3.07. The molecule has 0 radical (unpaired) electrons. The standard InChI is InChI=1S/C16H19NO.C3H6.3C2H6.CH5P/c1-4-5-6-11(2)10-14-13-9-12(3)7-8-15(13)17-16(14)18;1-3-2;4*1-2/h4-6,8-10,12H,7H2,1-3H3,(H,17,18);3H,1H2,2H3;3*1-2H3;2H2,1H3/b5-4-,11-6+,14-10-;;;;;. The van der Waals surface area contributed by atoms with Gasteiger partial charge in [-0.1, -0.05) is 97.2 Å². The van der Waals surface area contributed by atoms with E-state index in [0.29, 0.717) is 5.92 Å². The third-order valence-electron chi connectivity index (χ3n) is 3.14. The van der Waals surface area contributed by atoms with Gasteiger partial charge in [-0.25, -0.2) is 0 Å². The van der Waals surface area contributed by atoms with Crippen molar-refractivity contribution in [2.45, 2.75) is 75.7 Å². The molecule has 0 aromatic rings. The van der Waals surface area contributed by atoms with E-state index in [4.69, 9.17) is 0 Å². The predicted octanol–water partition coefficient (Wildman–Crippen LogP) is 8.18. The highest BCUT2D eigenvalue weighted by Gasteiger charge is 2.29. The number of carbonyl (C=O) groups excluding carboxylic acids is 1. The van der Waals surface area contributed by atoms with Crippen LogP contribution < -0.4 is 5.32 Å². The largest absolute Gasteiger partial charge is 0.322 e. The van der Waals surface area contributed by atoms with Gasteiger partial charge in [0.1, 0.15) is 0 Å². The molecular weight excluding hydrogens is 373 g/mol. The molecule has 1 N–H and O–H groups in total. The average molecular weight is 422 g/mol. The molecule has 0 aromatic carbocycles. The van der Waals surface area contributed by atoms with Crippen LogP contribution in [-0.4, -0.2) is 12.6 Å². The second kappa shape index (κ2) is 26.3. The Morgan fingerprint density at radius 2 is 1.62 bits per heavy atom. The summed E-state index contributed by atoms with van der Waals surface area (Å²) >= 11 is 0. The molecule has 1 amide bonds. The molecule has 29 heavy (non-hydrogen) atoms. The summed E-state index contributed by atoms with van der Waals surface area (Å²) in [7, 11) is 2.42. The van der Waals surface area contributed by atoms with Gasteiger partial charge in [-0.3, -0.25) is 4.79 Å². The molecule has 2 nitrogen and oxygen atoms in total. The summed E-state index contributed by atoms with van der Waals surface area (Å²) in [4.78, 5) is 12.0. The van der Waals surface area contributed by atoms with Crippen molar-refractivity contribution in [1.29, 1.82) is 0 Å². The van der Waals surface area contributed by atoms with Crippen molar-refractivity contribution in [3.8, 4) is 0 Å². The van der Waals surface area contributed by atoms with Gasteiger partial charge in [0.05, 0.1) is 0 Å². The molecule has 1 heterocycles. The number of allylic oxidation sites excluding steroid dienone is 9. The topological polar surface area (TPSA) is 29.1 Å². The first kappa shape index (κ1) is 34.8. The monoisotopic (exact) mass is 421 g/mol. The van der Waals surface area contributed by atoms with Gasteiger partial charge in [0.25, 0.3) is 5.91 Å². The zero-order chi connectivity index (χ0) is 23.8. The van der Waals surface area contributed by atoms with E-state index in [1.54, 1.807) is 6.08 Å². The molecule has 0 spiro atoms. The van der Waals surface area contributed by atoms with E-state index in [1.807, 2.05) is 93.3 Å². The summed E-state index contributed by atoms with van der Waals surface area (Å²) in [6, 6.07) is 0. The fraction of sp³-hybridized carbons (Fsp3) is 0.500. The number of nitrogens with one attached hydrogen (secondary N) is 1. The summed E-state index contributed by atoms with van der Waals surface area (Å²) in [5, 5.41) is 2.93. The minimum Gasteiger partial charge on any atom is -0.322 e. The fourth-order valence-corrected chi connectivity index (χ4v) is 2.19. The van der Waals surface area contributed by atoms with Gasteiger partial charge < -0.3 is 5.32 Å². The SMILES string of the molecule is C=CC.CC.CC.CC.CP.C\C=C/C=C(C)/C=C1\C(=O)NC2=CCC(C)C=C21. The van der Waals surface area contributed by atoms with Crippen LogP contribution in [0.5, 0.6) is 0 Å². The van der Waals surface area contributed by atoms with Gasteiger partial charge in [-0.15, -0.1) is 15.8 Å². The lowest BCUT2D eigenvalue weighted by atomic mass is 9.92. The number of hydrogen-bond donors (Lipinski definition) is 1. The van der Waals surface area contributed by atoms with Crippen molar-refractivity contribution in [1.82, 2.24) is 5.32 Å². The van der Waals surface area contributed by atoms with E-state index in [2.05, 4.69) is 40.2 Å². The van der Waals surface area contributed by atoms with Crippen LogP contribution in [0.25, 0.3) is 0 Å². The van der Waals surface area contributed by atoms with E-state index in [0.717, 1.165) is 28.8 Å². The highest BCUT2D eigenvalue weighted by molar-refractivity contribution is 7.15. The van der Waals surface area contributed by atoms with Gasteiger partial charge in [-0.2, -0.15) is 0 Å². The Bertz CT molecular complexity index is 563. The van der Waals surface area contributed by atoms with Crippen molar-refractivity contribution in [3.05, 3.63) is 71.5 Å². The third kappa shape index (κ3) is 15.9. The first-order chi connectivity index (χ1) is 14.0. The molecule has 1 aliphatic heterocycles. The maximum atomic E-state index is 12.0. The zero-order valence-electron chi connectivity index (χ0n) is 21.0. The molecule has 0 aromatic heterocycles. The van der Waals surface area contributed by atoms with E-state index in [-0.39, 0.29) is 5.91 Å². The number of rotatable bonds is 2.